The number of aromatic amines is 1. The van der Waals surface area contributed by atoms with Crippen molar-refractivity contribution < 1.29 is 0 Å². The van der Waals surface area contributed by atoms with Crippen LogP contribution in [0.5, 0.6) is 0 Å². The van der Waals surface area contributed by atoms with Gasteiger partial charge in [-0.15, -0.1) is 5.10 Å². The molecule has 84 valence electrons. The third kappa shape index (κ3) is 1.93. The zero-order valence-electron chi connectivity index (χ0n) is 9.58. The van der Waals surface area contributed by atoms with Crippen molar-refractivity contribution in [3.8, 4) is 0 Å². The molecule has 1 aliphatic heterocycles. The van der Waals surface area contributed by atoms with E-state index in [2.05, 4.69) is 40.4 Å². The van der Waals surface area contributed by atoms with E-state index >= 15 is 0 Å². The molecule has 1 aromatic rings. The molecular weight excluding hydrogens is 208 g/mol. The molecule has 5 heteroatoms. The third-order valence-corrected chi connectivity index (χ3v) is 3.33. The highest BCUT2D eigenvalue weighted by molar-refractivity contribution is 7.71. The van der Waals surface area contributed by atoms with Crippen molar-refractivity contribution in [2.24, 2.45) is 5.41 Å². The molecule has 1 aliphatic rings. The molecule has 0 aliphatic carbocycles. The van der Waals surface area contributed by atoms with Crippen LogP contribution in [0.3, 0.4) is 0 Å². The predicted octanol–water partition coefficient (Wildman–Crippen LogP) is 2.20. The number of nitrogens with zero attached hydrogens (tertiary/aromatic N) is 3. The number of nitrogens with one attached hydrogen (secondary N) is 1. The van der Waals surface area contributed by atoms with Crippen LogP contribution >= 0.6 is 12.2 Å². The summed E-state index contributed by atoms with van der Waals surface area (Å²) in [6.07, 6.45) is 1.22. The maximum Gasteiger partial charge on any atom is 0.225 e. The number of rotatable bonds is 2. The fourth-order valence-electron chi connectivity index (χ4n) is 2.12. The number of H-pyrrole nitrogens is 1. The van der Waals surface area contributed by atoms with Gasteiger partial charge in [-0.3, -0.25) is 4.57 Å². The minimum absolute atomic E-state index is 0.395. The van der Waals surface area contributed by atoms with E-state index in [9.17, 15) is 0 Å². The van der Waals surface area contributed by atoms with Crippen LogP contribution in [0.2, 0.25) is 0 Å². The van der Waals surface area contributed by atoms with Gasteiger partial charge in [-0.05, 0) is 31.0 Å². The molecule has 1 fully saturated rings. The first-order valence-corrected chi connectivity index (χ1v) is 5.84. The topological polar surface area (TPSA) is 36.9 Å². The molecule has 0 unspecified atom stereocenters. The van der Waals surface area contributed by atoms with Gasteiger partial charge < -0.3 is 4.90 Å². The van der Waals surface area contributed by atoms with Crippen LogP contribution in [0.15, 0.2) is 0 Å². The second kappa shape index (κ2) is 3.63. The standard InChI is InChI=1S/C10H18N4S/c1-4-14-8(11-12-9(14)15)13-6-5-10(2,3)7-13/h4-7H2,1-3H3,(H,12,15). The Bertz CT molecular complexity index is 404. The summed E-state index contributed by atoms with van der Waals surface area (Å²) in [6.45, 7) is 9.70. The molecule has 1 saturated heterocycles. The highest BCUT2D eigenvalue weighted by atomic mass is 32.1. The van der Waals surface area contributed by atoms with Crippen LogP contribution in [0, 0.1) is 10.2 Å². The second-order valence-corrected chi connectivity index (χ2v) is 5.30. The lowest BCUT2D eigenvalue weighted by molar-refractivity contribution is 0.417. The molecule has 1 aromatic heterocycles. The lowest BCUT2D eigenvalue weighted by atomic mass is 9.93. The molecule has 4 nitrogen and oxygen atoms in total. The Hall–Kier alpha value is -0.840. The first-order chi connectivity index (χ1) is 7.03. The molecule has 0 amide bonds. The summed E-state index contributed by atoms with van der Waals surface area (Å²) in [4.78, 5) is 2.32. The van der Waals surface area contributed by atoms with Crippen LogP contribution in [-0.2, 0) is 6.54 Å². The van der Waals surface area contributed by atoms with Crippen molar-refractivity contribution in [2.75, 3.05) is 18.0 Å². The van der Waals surface area contributed by atoms with Gasteiger partial charge in [0, 0.05) is 19.6 Å². The minimum atomic E-state index is 0.395. The monoisotopic (exact) mass is 226 g/mol. The fraction of sp³-hybridized carbons (Fsp3) is 0.800. The van der Waals surface area contributed by atoms with Gasteiger partial charge in [-0.1, -0.05) is 13.8 Å². The molecule has 0 saturated carbocycles. The summed E-state index contributed by atoms with van der Waals surface area (Å²) in [5.74, 6) is 0.994. The highest BCUT2D eigenvalue weighted by Gasteiger charge is 2.31. The largest absolute Gasteiger partial charge is 0.340 e. The molecule has 0 spiro atoms. The average molecular weight is 226 g/mol. The first-order valence-electron chi connectivity index (χ1n) is 5.44. The zero-order valence-corrected chi connectivity index (χ0v) is 10.4. The van der Waals surface area contributed by atoms with E-state index in [0.717, 1.165) is 30.4 Å². The lowest BCUT2D eigenvalue weighted by Gasteiger charge is -2.20. The fourth-order valence-corrected chi connectivity index (χ4v) is 2.38. The average Bonchev–Trinajstić information content (AvgIpc) is 2.69. The van der Waals surface area contributed by atoms with Gasteiger partial charge in [0.2, 0.25) is 5.95 Å². The summed E-state index contributed by atoms with van der Waals surface area (Å²) in [6, 6.07) is 0. The van der Waals surface area contributed by atoms with Crippen molar-refractivity contribution in [3.63, 3.8) is 0 Å². The van der Waals surface area contributed by atoms with Gasteiger partial charge >= 0.3 is 0 Å². The first kappa shape index (κ1) is 10.7. The van der Waals surface area contributed by atoms with Gasteiger partial charge in [0.1, 0.15) is 0 Å². The van der Waals surface area contributed by atoms with Crippen LogP contribution < -0.4 is 4.90 Å². The Morgan fingerprint density at radius 1 is 1.53 bits per heavy atom. The SMILES string of the molecule is CCn1c(N2CCC(C)(C)C2)n[nH]c1=S. The Labute approximate surface area is 95.3 Å². The van der Waals surface area contributed by atoms with Gasteiger partial charge in [-0.2, -0.15) is 0 Å². The van der Waals surface area contributed by atoms with E-state index in [1.165, 1.54) is 6.42 Å². The van der Waals surface area contributed by atoms with Crippen molar-refractivity contribution in [3.05, 3.63) is 4.77 Å². The third-order valence-electron chi connectivity index (χ3n) is 3.01. The maximum absolute atomic E-state index is 5.18. The highest BCUT2D eigenvalue weighted by Crippen LogP contribution is 2.31. The number of anilines is 1. The molecular formula is C10H18N4S. The van der Waals surface area contributed by atoms with Crippen LogP contribution in [-0.4, -0.2) is 27.9 Å². The predicted molar refractivity (Wildman–Crippen MR) is 63.7 cm³/mol. The van der Waals surface area contributed by atoms with Crippen LogP contribution in [0.25, 0.3) is 0 Å². The smallest absolute Gasteiger partial charge is 0.225 e. The number of aromatic nitrogens is 3. The van der Waals surface area contributed by atoms with Gasteiger partial charge in [0.05, 0.1) is 0 Å². The summed E-state index contributed by atoms with van der Waals surface area (Å²) >= 11 is 5.18. The van der Waals surface area contributed by atoms with Crippen LogP contribution in [0.1, 0.15) is 27.2 Å². The number of hydrogen-bond acceptors (Lipinski definition) is 3. The van der Waals surface area contributed by atoms with E-state index in [1.807, 2.05) is 0 Å². The Kier molecular flexibility index (Phi) is 2.58. The molecule has 0 bridgehead atoms. The second-order valence-electron chi connectivity index (χ2n) is 4.91. The number of hydrogen-bond donors (Lipinski definition) is 1. The van der Waals surface area contributed by atoms with Gasteiger partial charge in [0.25, 0.3) is 0 Å². The summed E-state index contributed by atoms with van der Waals surface area (Å²) in [5, 5.41) is 7.17. The molecule has 0 atom stereocenters. The lowest BCUT2D eigenvalue weighted by Crippen LogP contribution is -2.25. The Morgan fingerprint density at radius 2 is 2.27 bits per heavy atom. The quantitative estimate of drug-likeness (QED) is 0.785. The van der Waals surface area contributed by atoms with E-state index in [1.54, 1.807) is 0 Å². The molecule has 15 heavy (non-hydrogen) atoms. The van der Waals surface area contributed by atoms with Gasteiger partial charge in [-0.25, -0.2) is 5.10 Å². The summed E-state index contributed by atoms with van der Waals surface area (Å²) in [5.41, 5.74) is 0.395. The molecule has 2 rings (SSSR count). The summed E-state index contributed by atoms with van der Waals surface area (Å²) in [7, 11) is 0. The Morgan fingerprint density at radius 3 is 2.80 bits per heavy atom. The van der Waals surface area contributed by atoms with E-state index in [4.69, 9.17) is 12.2 Å². The van der Waals surface area contributed by atoms with Crippen molar-refractivity contribution in [1.82, 2.24) is 14.8 Å². The minimum Gasteiger partial charge on any atom is -0.340 e. The van der Waals surface area contributed by atoms with E-state index in [-0.39, 0.29) is 0 Å². The normalized spacial score (nSPS) is 19.8. The molecule has 0 radical (unpaired) electrons. The van der Waals surface area contributed by atoms with Crippen molar-refractivity contribution in [2.45, 2.75) is 33.7 Å². The van der Waals surface area contributed by atoms with Crippen molar-refractivity contribution >= 4 is 18.2 Å². The zero-order chi connectivity index (χ0) is 11.1. The van der Waals surface area contributed by atoms with E-state index in [0.29, 0.717) is 5.41 Å². The van der Waals surface area contributed by atoms with E-state index < -0.39 is 0 Å². The Balaban J connectivity index is 2.28. The van der Waals surface area contributed by atoms with Gasteiger partial charge in [0.15, 0.2) is 4.77 Å². The maximum atomic E-state index is 5.18. The molecule has 1 N–H and O–H groups in total. The molecule has 0 aromatic carbocycles. The van der Waals surface area contributed by atoms with Crippen LogP contribution in [0.4, 0.5) is 5.95 Å². The molecule has 2 heterocycles. The van der Waals surface area contributed by atoms with Crippen molar-refractivity contribution in [1.29, 1.82) is 0 Å². The summed E-state index contributed by atoms with van der Waals surface area (Å²) < 4.78 is 2.77.